The highest BCUT2D eigenvalue weighted by Gasteiger charge is 2.06. The second-order valence-corrected chi connectivity index (χ2v) is 3.09. The van der Waals surface area contributed by atoms with E-state index in [1.807, 2.05) is 7.05 Å². The number of hydrogen-bond donors (Lipinski definition) is 1. The number of amidine groups is 1. The van der Waals surface area contributed by atoms with E-state index in [4.69, 9.17) is 0 Å². The molecule has 0 heterocycles. The van der Waals surface area contributed by atoms with Crippen LogP contribution < -0.4 is 5.32 Å². The molecule has 2 nitrogen and oxygen atoms in total. The zero-order valence-corrected chi connectivity index (χ0v) is 8.85. The summed E-state index contributed by atoms with van der Waals surface area (Å²) in [5, 5.41) is 3.28. The van der Waals surface area contributed by atoms with E-state index in [-0.39, 0.29) is 0 Å². The summed E-state index contributed by atoms with van der Waals surface area (Å²) in [5.41, 5.74) is 0. The normalized spacial score (nSPS) is 12.2. The molecule has 0 aliphatic heterocycles. The van der Waals surface area contributed by atoms with Crippen LogP contribution in [0.25, 0.3) is 0 Å². The van der Waals surface area contributed by atoms with Crippen LogP contribution in [0.2, 0.25) is 0 Å². The number of nitrogens with zero attached hydrogens (tertiary/aromatic N) is 1. The topological polar surface area (TPSA) is 24.4 Å². The Bertz CT molecular complexity index is 126. The first-order chi connectivity index (χ1) is 5.78. The van der Waals surface area contributed by atoms with E-state index in [2.05, 4.69) is 31.1 Å². The predicted molar refractivity (Wildman–Crippen MR) is 55.7 cm³/mol. The molecular weight excluding hydrogens is 148 g/mol. The molecule has 0 fully saturated rings. The fourth-order valence-electron chi connectivity index (χ4n) is 1.30. The summed E-state index contributed by atoms with van der Waals surface area (Å²) < 4.78 is 0. The molecule has 1 N–H and O–H groups in total. The fourth-order valence-corrected chi connectivity index (χ4v) is 1.30. The molecule has 0 spiro atoms. The third-order valence-corrected chi connectivity index (χ3v) is 2.29. The number of rotatable bonds is 5. The van der Waals surface area contributed by atoms with Crippen molar-refractivity contribution in [1.82, 2.24) is 5.32 Å². The van der Waals surface area contributed by atoms with Crippen LogP contribution in [0.5, 0.6) is 0 Å². The fraction of sp³-hybridized carbons (Fsp3) is 0.900. The maximum Gasteiger partial charge on any atom is 0.0962 e. The minimum Gasteiger partial charge on any atom is -0.374 e. The lowest BCUT2D eigenvalue weighted by atomic mass is 9.99. The summed E-state index contributed by atoms with van der Waals surface area (Å²) in [7, 11) is 1.86. The average Bonchev–Trinajstić information content (AvgIpc) is 2.12. The van der Waals surface area contributed by atoms with Gasteiger partial charge in [-0.2, -0.15) is 0 Å². The lowest BCUT2D eigenvalue weighted by molar-refractivity contribution is 0.506. The Balaban J connectivity index is 3.83. The van der Waals surface area contributed by atoms with E-state index in [0.717, 1.165) is 24.7 Å². The highest BCUT2D eigenvalue weighted by molar-refractivity contribution is 5.82. The van der Waals surface area contributed by atoms with Crippen molar-refractivity contribution < 1.29 is 0 Å². The minimum absolute atomic E-state index is 0.794. The summed E-state index contributed by atoms with van der Waals surface area (Å²) in [5.74, 6) is 1.95. The van der Waals surface area contributed by atoms with Gasteiger partial charge in [0, 0.05) is 20.0 Å². The van der Waals surface area contributed by atoms with Crippen LogP contribution in [-0.2, 0) is 0 Å². The molecule has 0 atom stereocenters. The molecule has 0 aliphatic rings. The van der Waals surface area contributed by atoms with E-state index in [1.54, 1.807) is 0 Å². The van der Waals surface area contributed by atoms with Crippen LogP contribution in [0.1, 0.15) is 40.0 Å². The van der Waals surface area contributed by atoms with E-state index >= 15 is 0 Å². The van der Waals surface area contributed by atoms with Gasteiger partial charge in [-0.05, 0) is 12.8 Å². The zero-order valence-electron chi connectivity index (χ0n) is 8.85. The molecule has 72 valence electrons. The molecule has 0 saturated heterocycles. The number of nitrogens with one attached hydrogen (secondary N) is 1. The van der Waals surface area contributed by atoms with E-state index in [1.165, 1.54) is 12.8 Å². The monoisotopic (exact) mass is 170 g/mol. The Kier molecular flexibility index (Phi) is 6.82. The summed E-state index contributed by atoms with van der Waals surface area (Å²) in [6, 6.07) is 0. The largest absolute Gasteiger partial charge is 0.374 e. The van der Waals surface area contributed by atoms with Crippen molar-refractivity contribution in [3.8, 4) is 0 Å². The SMILES string of the molecule is CCN/C(CC(CC)CC)=N\C. The lowest BCUT2D eigenvalue weighted by Gasteiger charge is -2.14. The Morgan fingerprint density at radius 2 is 1.83 bits per heavy atom. The Labute approximate surface area is 76.5 Å². The number of aliphatic imine (C=N–C) groups is 1. The maximum absolute atomic E-state index is 4.22. The van der Waals surface area contributed by atoms with Crippen LogP contribution in [-0.4, -0.2) is 19.4 Å². The summed E-state index contributed by atoms with van der Waals surface area (Å²) in [6.07, 6.45) is 3.61. The van der Waals surface area contributed by atoms with Gasteiger partial charge in [-0.1, -0.05) is 26.7 Å². The molecule has 0 unspecified atom stereocenters. The van der Waals surface area contributed by atoms with Gasteiger partial charge in [0.1, 0.15) is 0 Å². The first kappa shape index (κ1) is 11.5. The Hall–Kier alpha value is -0.530. The van der Waals surface area contributed by atoms with Gasteiger partial charge in [0.2, 0.25) is 0 Å². The van der Waals surface area contributed by atoms with Crippen LogP contribution in [0.15, 0.2) is 4.99 Å². The van der Waals surface area contributed by atoms with Crippen LogP contribution >= 0.6 is 0 Å². The van der Waals surface area contributed by atoms with E-state index < -0.39 is 0 Å². The Morgan fingerprint density at radius 1 is 1.25 bits per heavy atom. The molecule has 0 aromatic carbocycles. The van der Waals surface area contributed by atoms with Gasteiger partial charge in [-0.3, -0.25) is 4.99 Å². The van der Waals surface area contributed by atoms with Gasteiger partial charge in [-0.15, -0.1) is 0 Å². The van der Waals surface area contributed by atoms with E-state index in [0.29, 0.717) is 0 Å². The predicted octanol–water partition coefficient (Wildman–Crippen LogP) is 2.45. The standard InChI is InChI=1S/C10H22N2/c1-5-9(6-2)8-10(11-4)12-7-3/h9H,5-8H2,1-4H3,(H,11,12). The molecule has 0 aromatic heterocycles. The lowest BCUT2D eigenvalue weighted by Crippen LogP contribution is -2.25. The van der Waals surface area contributed by atoms with Crippen molar-refractivity contribution in [3.05, 3.63) is 0 Å². The van der Waals surface area contributed by atoms with Gasteiger partial charge in [-0.25, -0.2) is 0 Å². The summed E-state index contributed by atoms with van der Waals surface area (Å²) >= 11 is 0. The van der Waals surface area contributed by atoms with Crippen molar-refractivity contribution in [2.24, 2.45) is 10.9 Å². The van der Waals surface area contributed by atoms with Gasteiger partial charge in [0.15, 0.2) is 0 Å². The summed E-state index contributed by atoms with van der Waals surface area (Å²) in [4.78, 5) is 4.22. The van der Waals surface area contributed by atoms with Gasteiger partial charge >= 0.3 is 0 Å². The zero-order chi connectivity index (χ0) is 9.40. The maximum atomic E-state index is 4.22. The second-order valence-electron chi connectivity index (χ2n) is 3.09. The molecule has 2 heteroatoms. The van der Waals surface area contributed by atoms with E-state index in [9.17, 15) is 0 Å². The third kappa shape index (κ3) is 4.37. The second kappa shape index (κ2) is 7.14. The molecule has 12 heavy (non-hydrogen) atoms. The minimum atomic E-state index is 0.794. The third-order valence-electron chi connectivity index (χ3n) is 2.29. The molecular formula is C10H22N2. The van der Waals surface area contributed by atoms with Crippen LogP contribution in [0.3, 0.4) is 0 Å². The van der Waals surface area contributed by atoms with Crippen molar-refractivity contribution >= 4 is 5.84 Å². The molecule has 0 aromatic rings. The average molecular weight is 170 g/mol. The van der Waals surface area contributed by atoms with Gasteiger partial charge in [0.05, 0.1) is 5.84 Å². The van der Waals surface area contributed by atoms with Gasteiger partial charge in [0.25, 0.3) is 0 Å². The van der Waals surface area contributed by atoms with Gasteiger partial charge < -0.3 is 5.32 Å². The molecule has 0 aliphatic carbocycles. The Morgan fingerprint density at radius 3 is 2.17 bits per heavy atom. The van der Waals surface area contributed by atoms with Crippen LogP contribution in [0, 0.1) is 5.92 Å². The highest BCUT2D eigenvalue weighted by Crippen LogP contribution is 2.12. The van der Waals surface area contributed by atoms with Crippen molar-refractivity contribution in [1.29, 1.82) is 0 Å². The molecule has 0 rings (SSSR count). The number of hydrogen-bond acceptors (Lipinski definition) is 1. The quantitative estimate of drug-likeness (QED) is 0.497. The molecule has 0 bridgehead atoms. The highest BCUT2D eigenvalue weighted by atomic mass is 15.0. The summed E-state index contributed by atoms with van der Waals surface area (Å²) in [6.45, 7) is 7.58. The molecule has 0 saturated carbocycles. The molecule has 0 radical (unpaired) electrons. The van der Waals surface area contributed by atoms with Crippen molar-refractivity contribution in [3.63, 3.8) is 0 Å². The first-order valence-electron chi connectivity index (χ1n) is 4.97. The van der Waals surface area contributed by atoms with Crippen molar-refractivity contribution in [2.45, 2.75) is 40.0 Å². The molecule has 0 amide bonds. The smallest absolute Gasteiger partial charge is 0.0962 e. The van der Waals surface area contributed by atoms with Crippen molar-refractivity contribution in [2.75, 3.05) is 13.6 Å². The van der Waals surface area contributed by atoms with Crippen LogP contribution in [0.4, 0.5) is 0 Å². The first-order valence-corrected chi connectivity index (χ1v) is 4.97.